The first-order chi connectivity index (χ1) is 9.94. The van der Waals surface area contributed by atoms with Crippen molar-refractivity contribution >= 4 is 23.2 Å². The van der Waals surface area contributed by atoms with Crippen LogP contribution >= 0.6 is 23.2 Å². The Morgan fingerprint density at radius 2 is 1.19 bits per heavy atom. The van der Waals surface area contributed by atoms with Gasteiger partial charge in [0, 0.05) is 5.41 Å². The molecule has 0 heterocycles. The van der Waals surface area contributed by atoms with Crippen LogP contribution in [0.4, 0.5) is 0 Å². The summed E-state index contributed by atoms with van der Waals surface area (Å²) in [5, 5.41) is 19.9. The number of phenols is 2. The Morgan fingerprint density at radius 1 is 0.810 bits per heavy atom. The SMILES string of the molecule is CCC(CC)(c1ccc(O)c(Cl)c1)c1ccc(O)c(Cl)c1. The third-order valence-corrected chi connectivity index (χ3v) is 4.81. The predicted octanol–water partition coefficient (Wildman–Crippen LogP) is 5.51. The minimum Gasteiger partial charge on any atom is -0.506 e. The zero-order valence-corrected chi connectivity index (χ0v) is 13.5. The molecule has 0 aliphatic rings. The van der Waals surface area contributed by atoms with E-state index in [2.05, 4.69) is 13.8 Å². The molecule has 0 saturated heterocycles. The van der Waals surface area contributed by atoms with Crippen molar-refractivity contribution in [2.45, 2.75) is 32.1 Å². The van der Waals surface area contributed by atoms with E-state index in [0.29, 0.717) is 10.0 Å². The second-order valence-corrected chi connectivity index (χ2v) is 5.94. The second kappa shape index (κ2) is 6.17. The Bertz CT molecular complexity index is 596. The monoisotopic (exact) mass is 324 g/mol. The molecule has 0 amide bonds. The molecule has 2 aromatic rings. The summed E-state index contributed by atoms with van der Waals surface area (Å²) in [7, 11) is 0. The molecule has 2 aromatic carbocycles. The largest absolute Gasteiger partial charge is 0.506 e. The van der Waals surface area contributed by atoms with Crippen LogP contribution < -0.4 is 0 Å². The molecule has 0 aliphatic heterocycles. The maximum absolute atomic E-state index is 9.62. The van der Waals surface area contributed by atoms with Gasteiger partial charge in [-0.2, -0.15) is 0 Å². The van der Waals surface area contributed by atoms with E-state index in [4.69, 9.17) is 23.2 Å². The normalized spacial score (nSPS) is 11.6. The van der Waals surface area contributed by atoms with Crippen molar-refractivity contribution in [1.82, 2.24) is 0 Å². The van der Waals surface area contributed by atoms with Gasteiger partial charge in [-0.05, 0) is 48.2 Å². The van der Waals surface area contributed by atoms with E-state index in [1.54, 1.807) is 24.3 Å². The maximum Gasteiger partial charge on any atom is 0.134 e. The Hall–Kier alpha value is -1.38. The van der Waals surface area contributed by atoms with Crippen LogP contribution in [0.25, 0.3) is 0 Å². The van der Waals surface area contributed by atoms with Gasteiger partial charge in [-0.25, -0.2) is 0 Å². The highest BCUT2D eigenvalue weighted by molar-refractivity contribution is 6.32. The average Bonchev–Trinajstić information content (AvgIpc) is 2.48. The molecule has 2 N–H and O–H groups in total. The van der Waals surface area contributed by atoms with E-state index >= 15 is 0 Å². The molecule has 4 heteroatoms. The summed E-state index contributed by atoms with van der Waals surface area (Å²) in [6, 6.07) is 10.6. The van der Waals surface area contributed by atoms with Crippen molar-refractivity contribution in [2.24, 2.45) is 0 Å². The minimum absolute atomic E-state index is 0.0743. The quantitative estimate of drug-likeness (QED) is 0.778. The van der Waals surface area contributed by atoms with Gasteiger partial charge >= 0.3 is 0 Å². The molecule has 112 valence electrons. The van der Waals surface area contributed by atoms with Gasteiger partial charge in [-0.1, -0.05) is 49.2 Å². The number of benzene rings is 2. The molecule has 0 unspecified atom stereocenters. The molecule has 0 aliphatic carbocycles. The van der Waals surface area contributed by atoms with E-state index in [0.717, 1.165) is 24.0 Å². The Balaban J connectivity index is 2.63. The fourth-order valence-corrected chi connectivity index (χ4v) is 3.20. The molecule has 0 saturated carbocycles. The van der Waals surface area contributed by atoms with Crippen molar-refractivity contribution < 1.29 is 10.2 Å². The number of halogens is 2. The van der Waals surface area contributed by atoms with Crippen LogP contribution in [0.2, 0.25) is 10.0 Å². The summed E-state index contributed by atoms with van der Waals surface area (Å²) in [6.07, 6.45) is 1.71. The Morgan fingerprint density at radius 3 is 1.48 bits per heavy atom. The highest BCUT2D eigenvalue weighted by Crippen LogP contribution is 2.42. The van der Waals surface area contributed by atoms with Crippen molar-refractivity contribution in [3.05, 3.63) is 57.6 Å². The van der Waals surface area contributed by atoms with E-state index in [1.165, 1.54) is 0 Å². The van der Waals surface area contributed by atoms with Crippen LogP contribution in [0.15, 0.2) is 36.4 Å². The lowest BCUT2D eigenvalue weighted by Gasteiger charge is -2.33. The molecule has 0 atom stereocenters. The highest BCUT2D eigenvalue weighted by Gasteiger charge is 2.31. The van der Waals surface area contributed by atoms with Gasteiger partial charge in [-0.3, -0.25) is 0 Å². The zero-order valence-electron chi connectivity index (χ0n) is 12.0. The number of aromatic hydroxyl groups is 2. The number of hydrogen-bond donors (Lipinski definition) is 2. The first-order valence-electron chi connectivity index (χ1n) is 6.92. The van der Waals surface area contributed by atoms with Crippen LogP contribution in [0, 0.1) is 0 Å². The van der Waals surface area contributed by atoms with Gasteiger partial charge in [0.2, 0.25) is 0 Å². The molecule has 0 fully saturated rings. The maximum atomic E-state index is 9.62. The molecule has 0 spiro atoms. The standard InChI is InChI=1S/C17H18Cl2O2/c1-3-17(4-2,11-5-7-15(20)13(18)9-11)12-6-8-16(21)14(19)10-12/h5-10,20-21H,3-4H2,1-2H3. The molecule has 2 nitrogen and oxygen atoms in total. The van der Waals surface area contributed by atoms with Gasteiger partial charge in [-0.15, -0.1) is 0 Å². The minimum atomic E-state index is -0.255. The van der Waals surface area contributed by atoms with E-state index in [9.17, 15) is 10.2 Å². The van der Waals surface area contributed by atoms with Crippen LogP contribution in [0.5, 0.6) is 11.5 Å². The van der Waals surface area contributed by atoms with Gasteiger partial charge in [0.15, 0.2) is 0 Å². The first kappa shape index (κ1) is 16.0. The van der Waals surface area contributed by atoms with E-state index < -0.39 is 0 Å². The molecule has 2 rings (SSSR count). The lowest BCUT2D eigenvalue weighted by Crippen LogP contribution is -2.26. The van der Waals surface area contributed by atoms with Crippen LogP contribution in [-0.4, -0.2) is 10.2 Å². The van der Waals surface area contributed by atoms with Crippen LogP contribution in [0.1, 0.15) is 37.8 Å². The fourth-order valence-electron chi connectivity index (χ4n) is 2.84. The third kappa shape index (κ3) is 2.83. The molecule has 0 bridgehead atoms. The van der Waals surface area contributed by atoms with Gasteiger partial charge in [0.1, 0.15) is 11.5 Å². The Labute approximate surface area is 135 Å². The van der Waals surface area contributed by atoms with Crippen molar-refractivity contribution in [1.29, 1.82) is 0 Å². The van der Waals surface area contributed by atoms with Crippen molar-refractivity contribution in [2.75, 3.05) is 0 Å². The first-order valence-corrected chi connectivity index (χ1v) is 7.68. The van der Waals surface area contributed by atoms with Gasteiger partial charge < -0.3 is 10.2 Å². The summed E-state index contributed by atoms with van der Waals surface area (Å²) in [6.45, 7) is 4.20. The van der Waals surface area contributed by atoms with Gasteiger partial charge in [0.05, 0.1) is 10.0 Å². The summed E-state index contributed by atoms with van der Waals surface area (Å²) in [5.74, 6) is 0.149. The highest BCUT2D eigenvalue weighted by atomic mass is 35.5. The summed E-state index contributed by atoms with van der Waals surface area (Å²) < 4.78 is 0. The van der Waals surface area contributed by atoms with Crippen LogP contribution in [0.3, 0.4) is 0 Å². The summed E-state index contributed by atoms with van der Waals surface area (Å²) in [4.78, 5) is 0. The van der Waals surface area contributed by atoms with E-state index in [1.807, 2.05) is 12.1 Å². The number of hydrogen-bond acceptors (Lipinski definition) is 2. The molecule has 0 radical (unpaired) electrons. The third-order valence-electron chi connectivity index (χ3n) is 4.21. The Kier molecular flexibility index (Phi) is 4.70. The predicted molar refractivity (Wildman–Crippen MR) is 87.6 cm³/mol. The fraction of sp³-hybridized carbons (Fsp3) is 0.294. The lowest BCUT2D eigenvalue weighted by molar-refractivity contribution is 0.461. The number of rotatable bonds is 4. The topological polar surface area (TPSA) is 40.5 Å². The molecular formula is C17H18Cl2O2. The molecule has 0 aromatic heterocycles. The van der Waals surface area contributed by atoms with Crippen LogP contribution in [-0.2, 0) is 5.41 Å². The zero-order chi connectivity index (χ0) is 15.6. The smallest absolute Gasteiger partial charge is 0.134 e. The van der Waals surface area contributed by atoms with Crippen molar-refractivity contribution in [3.63, 3.8) is 0 Å². The van der Waals surface area contributed by atoms with Crippen molar-refractivity contribution in [3.8, 4) is 11.5 Å². The van der Waals surface area contributed by atoms with E-state index in [-0.39, 0.29) is 16.9 Å². The summed E-state index contributed by atoms with van der Waals surface area (Å²) in [5.41, 5.74) is 1.79. The average molecular weight is 325 g/mol. The molecule has 21 heavy (non-hydrogen) atoms. The lowest BCUT2D eigenvalue weighted by atomic mass is 9.70. The second-order valence-electron chi connectivity index (χ2n) is 5.12. The summed E-state index contributed by atoms with van der Waals surface area (Å²) >= 11 is 12.1. The number of phenolic OH excluding ortho intramolecular Hbond substituents is 2. The molecular weight excluding hydrogens is 307 g/mol. The van der Waals surface area contributed by atoms with Gasteiger partial charge in [0.25, 0.3) is 0 Å².